The van der Waals surface area contributed by atoms with Crippen molar-refractivity contribution in [2.75, 3.05) is 0 Å². The van der Waals surface area contributed by atoms with Crippen molar-refractivity contribution in [2.24, 2.45) is 5.73 Å². The van der Waals surface area contributed by atoms with Gasteiger partial charge in [0.05, 0.1) is 0 Å². The van der Waals surface area contributed by atoms with E-state index in [9.17, 15) is 20.1 Å². The molecule has 0 unspecified atom stereocenters. The van der Waals surface area contributed by atoms with E-state index in [0.717, 1.165) is 6.07 Å². The van der Waals surface area contributed by atoms with Crippen molar-refractivity contribution in [3.63, 3.8) is 0 Å². The fourth-order valence-electron chi connectivity index (χ4n) is 1.38. The van der Waals surface area contributed by atoms with E-state index in [1.54, 1.807) is 0 Å². The zero-order valence-corrected chi connectivity index (χ0v) is 8.64. The first-order valence-electron chi connectivity index (χ1n) is 4.56. The lowest BCUT2D eigenvalue weighted by Gasteiger charge is -2.13. The number of aromatic hydroxyl groups is 3. The van der Waals surface area contributed by atoms with Gasteiger partial charge in [-0.1, -0.05) is 0 Å². The predicted molar refractivity (Wildman–Crippen MR) is 55.5 cm³/mol. The molecule has 0 heterocycles. The number of hydrogen-bond acceptors (Lipinski definition) is 5. The summed E-state index contributed by atoms with van der Waals surface area (Å²) in [5.74, 6) is -2.33. The maximum atomic E-state index is 10.6. The number of hydrogen-bond donors (Lipinski definition) is 5. The molecule has 1 atom stereocenters. The molecule has 0 saturated carbocycles. The molecule has 0 spiro atoms. The molecule has 6 heteroatoms. The van der Waals surface area contributed by atoms with Crippen LogP contribution in [0.25, 0.3) is 0 Å². The van der Waals surface area contributed by atoms with Crippen molar-refractivity contribution in [1.82, 2.24) is 0 Å². The van der Waals surface area contributed by atoms with Crippen LogP contribution in [-0.4, -0.2) is 32.4 Å². The van der Waals surface area contributed by atoms with Crippen molar-refractivity contribution in [2.45, 2.75) is 19.4 Å². The van der Waals surface area contributed by atoms with Crippen LogP contribution in [0.5, 0.6) is 17.2 Å². The molecule has 16 heavy (non-hydrogen) atoms. The first-order chi connectivity index (χ1) is 7.34. The van der Waals surface area contributed by atoms with Crippen molar-refractivity contribution < 1.29 is 25.2 Å². The van der Waals surface area contributed by atoms with Crippen LogP contribution in [0.4, 0.5) is 0 Å². The van der Waals surface area contributed by atoms with Crippen LogP contribution in [0.2, 0.25) is 0 Å². The van der Waals surface area contributed by atoms with Gasteiger partial charge in [-0.25, -0.2) is 0 Å². The standard InChI is InChI=1S/C10H13NO5/c1-4-5(2-6(11)10(15)16)7(12)3-8(13)9(4)14/h3,6,12-14H,2,11H2,1H3,(H,15,16)/t6-/m0/s1. The molecule has 0 fully saturated rings. The van der Waals surface area contributed by atoms with E-state index in [1.165, 1.54) is 6.92 Å². The highest BCUT2D eigenvalue weighted by Gasteiger charge is 2.19. The fourth-order valence-corrected chi connectivity index (χ4v) is 1.38. The molecule has 0 aliphatic carbocycles. The molecule has 6 N–H and O–H groups in total. The monoisotopic (exact) mass is 227 g/mol. The highest BCUT2D eigenvalue weighted by molar-refractivity contribution is 5.74. The van der Waals surface area contributed by atoms with Gasteiger partial charge in [0.2, 0.25) is 0 Å². The molecule has 0 aliphatic heterocycles. The molecule has 1 aromatic rings. The van der Waals surface area contributed by atoms with Crippen molar-refractivity contribution in [3.05, 3.63) is 17.2 Å². The van der Waals surface area contributed by atoms with E-state index in [-0.39, 0.29) is 29.0 Å². The Morgan fingerprint density at radius 1 is 1.38 bits per heavy atom. The Morgan fingerprint density at radius 3 is 2.44 bits per heavy atom. The zero-order chi connectivity index (χ0) is 12.5. The van der Waals surface area contributed by atoms with Crippen LogP contribution < -0.4 is 5.73 Å². The van der Waals surface area contributed by atoms with Crippen LogP contribution in [0.1, 0.15) is 11.1 Å². The second-order valence-electron chi connectivity index (χ2n) is 3.52. The summed E-state index contributed by atoms with van der Waals surface area (Å²) in [4.78, 5) is 10.6. The molecule has 1 aromatic carbocycles. The summed E-state index contributed by atoms with van der Waals surface area (Å²) >= 11 is 0. The van der Waals surface area contributed by atoms with Gasteiger partial charge in [0, 0.05) is 23.6 Å². The van der Waals surface area contributed by atoms with E-state index in [1.807, 2.05) is 0 Å². The molecule has 0 bridgehead atoms. The first kappa shape index (κ1) is 12.1. The van der Waals surface area contributed by atoms with Gasteiger partial charge in [-0.2, -0.15) is 0 Å². The number of benzene rings is 1. The third-order valence-corrected chi connectivity index (χ3v) is 2.37. The van der Waals surface area contributed by atoms with Crippen LogP contribution in [0.3, 0.4) is 0 Å². The van der Waals surface area contributed by atoms with Crippen LogP contribution in [0.15, 0.2) is 6.07 Å². The summed E-state index contributed by atoms with van der Waals surface area (Å²) in [6.07, 6.45) is -0.124. The summed E-state index contributed by atoms with van der Waals surface area (Å²) in [5.41, 5.74) is 5.75. The van der Waals surface area contributed by atoms with E-state index in [4.69, 9.17) is 10.8 Å². The van der Waals surface area contributed by atoms with Gasteiger partial charge in [-0.05, 0) is 6.92 Å². The number of nitrogens with two attached hydrogens (primary N) is 1. The van der Waals surface area contributed by atoms with Gasteiger partial charge in [-0.15, -0.1) is 0 Å². The second-order valence-corrected chi connectivity index (χ2v) is 3.52. The van der Waals surface area contributed by atoms with Gasteiger partial charge in [-0.3, -0.25) is 4.79 Å². The average molecular weight is 227 g/mol. The molecule has 6 nitrogen and oxygen atoms in total. The fraction of sp³-hybridized carbons (Fsp3) is 0.300. The zero-order valence-electron chi connectivity index (χ0n) is 8.64. The van der Waals surface area contributed by atoms with Gasteiger partial charge in [0.15, 0.2) is 11.5 Å². The Morgan fingerprint density at radius 2 is 1.94 bits per heavy atom. The van der Waals surface area contributed by atoms with Gasteiger partial charge >= 0.3 is 5.97 Å². The van der Waals surface area contributed by atoms with Crippen molar-refractivity contribution >= 4 is 5.97 Å². The Hall–Kier alpha value is -1.95. The third kappa shape index (κ3) is 2.17. The Bertz CT molecular complexity index is 430. The Balaban J connectivity index is 3.14. The molecule has 1 rings (SSSR count). The smallest absolute Gasteiger partial charge is 0.320 e. The summed E-state index contributed by atoms with van der Waals surface area (Å²) in [5, 5.41) is 36.7. The maximum Gasteiger partial charge on any atom is 0.320 e. The molecule has 0 radical (unpaired) electrons. The Labute approximate surface area is 91.6 Å². The number of carboxylic acid groups (broad SMARTS) is 1. The van der Waals surface area contributed by atoms with Gasteiger partial charge in [0.1, 0.15) is 11.8 Å². The van der Waals surface area contributed by atoms with Crippen LogP contribution >= 0.6 is 0 Å². The SMILES string of the molecule is Cc1c(O)c(O)cc(O)c1C[C@H](N)C(=O)O. The number of aliphatic carboxylic acids is 1. The van der Waals surface area contributed by atoms with E-state index < -0.39 is 17.8 Å². The van der Waals surface area contributed by atoms with Crippen molar-refractivity contribution in [1.29, 1.82) is 0 Å². The Kier molecular flexibility index (Phi) is 3.24. The first-order valence-corrected chi connectivity index (χ1v) is 4.56. The minimum atomic E-state index is -1.20. The molecule has 0 amide bonds. The summed E-state index contributed by atoms with van der Waals surface area (Å²) < 4.78 is 0. The summed E-state index contributed by atoms with van der Waals surface area (Å²) in [6, 6.07) is -0.222. The second kappa shape index (κ2) is 4.28. The van der Waals surface area contributed by atoms with Gasteiger partial charge < -0.3 is 26.2 Å². The lowest BCUT2D eigenvalue weighted by molar-refractivity contribution is -0.138. The van der Waals surface area contributed by atoms with Crippen LogP contribution in [-0.2, 0) is 11.2 Å². The molecule has 88 valence electrons. The van der Waals surface area contributed by atoms with Crippen molar-refractivity contribution in [3.8, 4) is 17.2 Å². The number of rotatable bonds is 3. The largest absolute Gasteiger partial charge is 0.508 e. The molecule has 0 aliphatic rings. The number of carbonyl (C=O) groups is 1. The molecule has 0 saturated heterocycles. The molecular weight excluding hydrogens is 214 g/mol. The highest BCUT2D eigenvalue weighted by atomic mass is 16.4. The maximum absolute atomic E-state index is 10.6. The summed E-state index contributed by atoms with van der Waals surface area (Å²) in [6.45, 7) is 1.46. The summed E-state index contributed by atoms with van der Waals surface area (Å²) in [7, 11) is 0. The predicted octanol–water partition coefficient (Wildman–Crippen LogP) is 0.0662. The lowest BCUT2D eigenvalue weighted by atomic mass is 9.99. The minimum absolute atomic E-state index is 0.124. The average Bonchev–Trinajstić information content (AvgIpc) is 2.20. The highest BCUT2D eigenvalue weighted by Crippen LogP contribution is 2.37. The van der Waals surface area contributed by atoms with E-state index in [2.05, 4.69) is 0 Å². The minimum Gasteiger partial charge on any atom is -0.508 e. The lowest BCUT2D eigenvalue weighted by Crippen LogP contribution is -2.32. The van der Waals surface area contributed by atoms with Gasteiger partial charge in [0.25, 0.3) is 0 Å². The quantitative estimate of drug-likeness (QED) is 0.367. The van der Waals surface area contributed by atoms with E-state index in [0.29, 0.717) is 0 Å². The topological polar surface area (TPSA) is 124 Å². The molecule has 0 aromatic heterocycles. The third-order valence-electron chi connectivity index (χ3n) is 2.37. The van der Waals surface area contributed by atoms with E-state index >= 15 is 0 Å². The molecular formula is C10H13NO5. The normalized spacial score (nSPS) is 12.4. The number of carboxylic acids is 1. The number of phenols is 3. The van der Waals surface area contributed by atoms with Crippen LogP contribution in [0, 0.1) is 6.92 Å². The number of phenolic OH excluding ortho intramolecular Hbond substituents is 3.